The molecule has 0 aliphatic carbocycles. The van der Waals surface area contributed by atoms with Crippen LogP contribution in [0.15, 0.2) is 58.0 Å². The van der Waals surface area contributed by atoms with Crippen LogP contribution >= 0.6 is 0 Å². The number of hydrazone groups is 1. The highest BCUT2D eigenvalue weighted by molar-refractivity contribution is 5.97. The third kappa shape index (κ3) is 4.64. The van der Waals surface area contributed by atoms with E-state index in [0.717, 1.165) is 24.4 Å². The molecule has 0 saturated carbocycles. The van der Waals surface area contributed by atoms with Gasteiger partial charge in [-0.1, -0.05) is 0 Å². The van der Waals surface area contributed by atoms with Crippen LogP contribution in [0.25, 0.3) is 11.3 Å². The van der Waals surface area contributed by atoms with Gasteiger partial charge in [0.25, 0.3) is 17.3 Å². The molecule has 0 spiro atoms. The molecule has 0 fully saturated rings. The van der Waals surface area contributed by atoms with Crippen molar-refractivity contribution in [3.63, 3.8) is 0 Å². The molecule has 12 nitrogen and oxygen atoms in total. The van der Waals surface area contributed by atoms with Crippen LogP contribution in [-0.2, 0) is 0 Å². The molecule has 0 atom stereocenters. The number of aromatic hydroxyl groups is 1. The number of hydrogen-bond acceptors (Lipinski definition) is 9. The van der Waals surface area contributed by atoms with E-state index in [-0.39, 0.29) is 34.0 Å². The number of benzene rings is 2. The number of hydrogen-bond donors (Lipinski definition) is 2. The summed E-state index contributed by atoms with van der Waals surface area (Å²) in [7, 11) is 1.39. The van der Waals surface area contributed by atoms with Gasteiger partial charge in [-0.25, -0.2) is 5.43 Å². The monoisotopic (exact) mass is 426 g/mol. The maximum Gasteiger partial charge on any atom is 0.284 e. The SMILES string of the molecule is COc1ccc(-c2ccc(/C=N/NC(=O)c3cc([N+](=O)[O-])ccc3O)o2)c([N+](=O)[O-])c1. The molecule has 1 heterocycles. The third-order valence-electron chi connectivity index (χ3n) is 4.09. The lowest BCUT2D eigenvalue weighted by atomic mass is 10.1. The van der Waals surface area contributed by atoms with Crippen molar-refractivity contribution in [2.45, 2.75) is 0 Å². The van der Waals surface area contributed by atoms with Crippen molar-refractivity contribution in [1.82, 2.24) is 5.43 Å². The number of non-ortho nitro benzene ring substituents is 1. The summed E-state index contributed by atoms with van der Waals surface area (Å²) < 4.78 is 10.5. The lowest BCUT2D eigenvalue weighted by Crippen LogP contribution is -2.17. The molecule has 1 aromatic heterocycles. The van der Waals surface area contributed by atoms with Crippen LogP contribution < -0.4 is 10.2 Å². The number of furan rings is 1. The van der Waals surface area contributed by atoms with Crippen molar-refractivity contribution in [3.8, 4) is 22.8 Å². The fourth-order valence-electron chi connectivity index (χ4n) is 2.60. The average molecular weight is 426 g/mol. The zero-order valence-corrected chi connectivity index (χ0v) is 15.8. The van der Waals surface area contributed by atoms with Gasteiger partial charge in [0, 0.05) is 12.1 Å². The minimum atomic E-state index is -0.880. The van der Waals surface area contributed by atoms with Crippen LogP contribution in [0, 0.1) is 20.2 Å². The van der Waals surface area contributed by atoms with E-state index in [0.29, 0.717) is 5.75 Å². The summed E-state index contributed by atoms with van der Waals surface area (Å²) in [6.07, 6.45) is 1.13. The molecule has 1 amide bonds. The van der Waals surface area contributed by atoms with E-state index >= 15 is 0 Å². The molecule has 158 valence electrons. The second-order valence-electron chi connectivity index (χ2n) is 6.00. The number of carbonyl (C=O) groups excluding carboxylic acids is 1. The molecule has 0 saturated heterocycles. The lowest BCUT2D eigenvalue weighted by molar-refractivity contribution is -0.384. The highest BCUT2D eigenvalue weighted by atomic mass is 16.6. The Bertz CT molecular complexity index is 1200. The Balaban J connectivity index is 1.76. The van der Waals surface area contributed by atoms with Gasteiger partial charge in [0.2, 0.25) is 0 Å². The second-order valence-corrected chi connectivity index (χ2v) is 6.00. The average Bonchev–Trinajstić information content (AvgIpc) is 3.22. The zero-order chi connectivity index (χ0) is 22.5. The Labute approximate surface area is 173 Å². The molecule has 0 aliphatic heterocycles. The molecular weight excluding hydrogens is 412 g/mol. The molecule has 3 aromatic rings. The molecule has 2 aromatic carbocycles. The smallest absolute Gasteiger partial charge is 0.284 e. The predicted octanol–water partition coefficient (Wildman–Crippen LogP) is 3.24. The number of nitro groups is 2. The number of nitro benzene ring substituents is 2. The van der Waals surface area contributed by atoms with Crippen molar-refractivity contribution in [2.75, 3.05) is 7.11 Å². The van der Waals surface area contributed by atoms with Gasteiger partial charge in [-0.2, -0.15) is 5.10 Å². The fraction of sp³-hybridized carbons (Fsp3) is 0.0526. The Morgan fingerprint density at radius 3 is 2.58 bits per heavy atom. The van der Waals surface area contributed by atoms with Crippen LogP contribution in [-0.4, -0.2) is 34.2 Å². The summed E-state index contributed by atoms with van der Waals surface area (Å²) in [5.74, 6) is -0.654. The number of phenolic OH excluding ortho intramolecular Hbond substituents is 1. The number of methoxy groups -OCH3 is 1. The van der Waals surface area contributed by atoms with E-state index in [1.807, 2.05) is 0 Å². The Morgan fingerprint density at radius 2 is 1.90 bits per heavy atom. The minimum Gasteiger partial charge on any atom is -0.507 e. The predicted molar refractivity (Wildman–Crippen MR) is 107 cm³/mol. The third-order valence-corrected chi connectivity index (χ3v) is 4.09. The molecule has 0 unspecified atom stereocenters. The molecule has 31 heavy (non-hydrogen) atoms. The quantitative estimate of drug-likeness (QED) is 0.329. The van der Waals surface area contributed by atoms with E-state index < -0.39 is 21.5 Å². The molecule has 3 rings (SSSR count). The number of carbonyl (C=O) groups is 1. The van der Waals surface area contributed by atoms with Crippen LogP contribution in [0.2, 0.25) is 0 Å². The number of phenols is 1. The number of nitrogens with zero attached hydrogens (tertiary/aromatic N) is 3. The van der Waals surface area contributed by atoms with Gasteiger partial charge in [-0.05, 0) is 30.3 Å². The first-order valence-corrected chi connectivity index (χ1v) is 8.53. The molecule has 0 radical (unpaired) electrons. The number of amides is 1. The zero-order valence-electron chi connectivity index (χ0n) is 15.8. The topological polar surface area (TPSA) is 170 Å². The molecule has 0 aliphatic rings. The molecule has 2 N–H and O–H groups in total. The highest BCUT2D eigenvalue weighted by Crippen LogP contribution is 2.34. The first-order chi connectivity index (χ1) is 14.8. The number of nitrogens with one attached hydrogen (secondary N) is 1. The number of ether oxygens (including phenoxy) is 1. The van der Waals surface area contributed by atoms with Crippen LogP contribution in [0.1, 0.15) is 16.1 Å². The molecule has 12 heteroatoms. The van der Waals surface area contributed by atoms with E-state index in [1.165, 1.54) is 31.4 Å². The van der Waals surface area contributed by atoms with E-state index in [4.69, 9.17) is 9.15 Å². The van der Waals surface area contributed by atoms with Crippen molar-refractivity contribution in [2.24, 2.45) is 5.10 Å². The summed E-state index contributed by atoms with van der Waals surface area (Å²) in [6, 6.07) is 10.2. The fourth-order valence-corrected chi connectivity index (χ4v) is 2.60. The van der Waals surface area contributed by atoms with Gasteiger partial charge < -0.3 is 14.3 Å². The maximum atomic E-state index is 12.1. The normalized spacial score (nSPS) is 10.7. The van der Waals surface area contributed by atoms with E-state index in [2.05, 4.69) is 10.5 Å². The van der Waals surface area contributed by atoms with Gasteiger partial charge in [-0.3, -0.25) is 25.0 Å². The van der Waals surface area contributed by atoms with Crippen molar-refractivity contribution >= 4 is 23.5 Å². The summed E-state index contributed by atoms with van der Waals surface area (Å²) in [5.41, 5.74) is 1.41. The first kappa shape index (κ1) is 21.0. The van der Waals surface area contributed by atoms with Crippen LogP contribution in [0.4, 0.5) is 11.4 Å². The van der Waals surface area contributed by atoms with Crippen LogP contribution in [0.5, 0.6) is 11.5 Å². The first-order valence-electron chi connectivity index (χ1n) is 8.53. The maximum absolute atomic E-state index is 12.1. The summed E-state index contributed by atoms with van der Waals surface area (Å²) in [6.45, 7) is 0. The Morgan fingerprint density at radius 1 is 1.13 bits per heavy atom. The largest absolute Gasteiger partial charge is 0.507 e. The van der Waals surface area contributed by atoms with Gasteiger partial charge in [-0.15, -0.1) is 0 Å². The minimum absolute atomic E-state index is 0.170. The van der Waals surface area contributed by atoms with E-state index in [1.54, 1.807) is 6.07 Å². The van der Waals surface area contributed by atoms with Crippen molar-refractivity contribution < 1.29 is 28.9 Å². The Kier molecular flexibility index (Phi) is 5.91. The highest BCUT2D eigenvalue weighted by Gasteiger charge is 2.19. The van der Waals surface area contributed by atoms with Gasteiger partial charge >= 0.3 is 0 Å². The van der Waals surface area contributed by atoms with E-state index in [9.17, 15) is 30.1 Å². The number of rotatable bonds is 7. The van der Waals surface area contributed by atoms with Crippen molar-refractivity contribution in [1.29, 1.82) is 0 Å². The standard InChI is InChI=1S/C19H14N4O8/c1-30-12-3-5-14(16(9-12)23(28)29)18-7-4-13(31-18)10-20-21-19(25)15-8-11(22(26)27)2-6-17(15)24/h2-10,24H,1H3,(H,21,25)/b20-10+. The molecule has 0 bridgehead atoms. The summed E-state index contributed by atoms with van der Waals surface area (Å²) in [4.78, 5) is 33.0. The summed E-state index contributed by atoms with van der Waals surface area (Å²) in [5, 5.41) is 35.5. The summed E-state index contributed by atoms with van der Waals surface area (Å²) >= 11 is 0. The Hall–Kier alpha value is -4.74. The lowest BCUT2D eigenvalue weighted by Gasteiger charge is -2.03. The van der Waals surface area contributed by atoms with Crippen molar-refractivity contribution in [3.05, 3.63) is 80.1 Å². The van der Waals surface area contributed by atoms with Gasteiger partial charge in [0.05, 0.1) is 40.4 Å². The van der Waals surface area contributed by atoms with Gasteiger partial charge in [0.1, 0.15) is 23.0 Å². The van der Waals surface area contributed by atoms with Crippen LogP contribution in [0.3, 0.4) is 0 Å². The second kappa shape index (κ2) is 8.73. The molecular formula is C19H14N4O8. The van der Waals surface area contributed by atoms with Gasteiger partial charge in [0.15, 0.2) is 0 Å².